The van der Waals surface area contributed by atoms with Gasteiger partial charge in [-0.1, -0.05) is 71.9 Å². The number of primary amides is 1. The van der Waals surface area contributed by atoms with Crippen molar-refractivity contribution in [2.24, 2.45) is 29.4 Å². The van der Waals surface area contributed by atoms with Crippen LogP contribution in [0.5, 0.6) is 0 Å². The Kier molecular flexibility index (Phi) is 20.5. The number of hydrogen-bond acceptors (Lipinski definition) is 9. The van der Waals surface area contributed by atoms with Gasteiger partial charge in [-0.25, -0.2) is 4.79 Å². The molecule has 14 nitrogen and oxygen atoms in total. The summed E-state index contributed by atoms with van der Waals surface area (Å²) in [7, 11) is 0. The molecule has 1 rings (SSSR count). The molecule has 300 valence electrons. The highest BCUT2D eigenvalue weighted by atomic mass is 32.2. The van der Waals surface area contributed by atoms with E-state index < -0.39 is 83.8 Å². The van der Waals surface area contributed by atoms with Gasteiger partial charge in [-0.3, -0.25) is 24.0 Å². The molecule has 0 spiro atoms. The number of ether oxygens (including phenoxy) is 1. The molecule has 0 aliphatic heterocycles. The van der Waals surface area contributed by atoms with Crippen LogP contribution in [0.2, 0.25) is 0 Å². The summed E-state index contributed by atoms with van der Waals surface area (Å²) < 4.78 is 5.33. The fraction of sp³-hybridized carbons (Fsp3) is 0.684. The number of carbonyl (C=O) groups excluding carboxylic acids is 6. The van der Waals surface area contributed by atoms with Crippen LogP contribution in [0, 0.1) is 23.7 Å². The van der Waals surface area contributed by atoms with E-state index in [1.54, 1.807) is 48.5 Å². The molecule has 1 aromatic rings. The Morgan fingerprint density at radius 2 is 1.38 bits per heavy atom. The number of alkyl carbamates (subject to hydrolysis) is 1. The fourth-order valence-electron chi connectivity index (χ4n) is 5.52. The summed E-state index contributed by atoms with van der Waals surface area (Å²) >= 11 is 1.48. The summed E-state index contributed by atoms with van der Waals surface area (Å²) in [6.45, 7) is 16.3. The Hall–Kier alpha value is -3.85. The van der Waals surface area contributed by atoms with Gasteiger partial charge in [-0.2, -0.15) is 11.8 Å². The molecule has 6 atom stereocenters. The molecule has 1 aromatic carbocycles. The summed E-state index contributed by atoms with van der Waals surface area (Å²) in [5.41, 5.74) is 5.63. The van der Waals surface area contributed by atoms with Crippen LogP contribution < -0.4 is 32.3 Å². The van der Waals surface area contributed by atoms with Crippen LogP contribution in [-0.4, -0.2) is 88.6 Å². The van der Waals surface area contributed by atoms with Crippen molar-refractivity contribution in [2.45, 2.75) is 130 Å². The predicted molar refractivity (Wildman–Crippen MR) is 207 cm³/mol. The Labute approximate surface area is 319 Å². The highest BCUT2D eigenvalue weighted by Gasteiger charge is 2.35. The third-order valence-corrected chi connectivity index (χ3v) is 8.93. The lowest BCUT2D eigenvalue weighted by molar-refractivity contribution is -0.135. The van der Waals surface area contributed by atoms with E-state index in [1.807, 2.05) is 50.4 Å². The molecule has 0 bridgehead atoms. The second-order valence-electron chi connectivity index (χ2n) is 15.6. The predicted octanol–water partition coefficient (Wildman–Crippen LogP) is 3.00. The number of hydrogen-bond donors (Lipinski definition) is 7. The number of carbonyl (C=O) groups is 6. The van der Waals surface area contributed by atoms with Crippen molar-refractivity contribution >= 4 is 47.4 Å². The number of rotatable bonds is 22. The van der Waals surface area contributed by atoms with E-state index in [9.17, 15) is 33.9 Å². The zero-order valence-electron chi connectivity index (χ0n) is 33.1. The smallest absolute Gasteiger partial charge is 0.408 e. The summed E-state index contributed by atoms with van der Waals surface area (Å²) in [6.07, 6.45) is -0.254. The number of aliphatic hydroxyl groups is 1. The summed E-state index contributed by atoms with van der Waals surface area (Å²) in [5.74, 6) is -4.13. The maximum absolute atomic E-state index is 13.8. The van der Waals surface area contributed by atoms with Crippen molar-refractivity contribution in [3.63, 3.8) is 0 Å². The van der Waals surface area contributed by atoms with Gasteiger partial charge in [0, 0.05) is 18.9 Å². The first-order valence-corrected chi connectivity index (χ1v) is 19.7. The van der Waals surface area contributed by atoms with Gasteiger partial charge in [-0.15, -0.1) is 0 Å². The van der Waals surface area contributed by atoms with Gasteiger partial charge in [0.15, 0.2) is 0 Å². The molecule has 0 saturated carbocycles. The van der Waals surface area contributed by atoms with Crippen LogP contribution in [0.25, 0.3) is 0 Å². The van der Waals surface area contributed by atoms with Gasteiger partial charge in [0.2, 0.25) is 29.5 Å². The topological polar surface area (TPSA) is 218 Å². The third kappa shape index (κ3) is 18.7. The highest BCUT2D eigenvalue weighted by molar-refractivity contribution is 7.98. The maximum atomic E-state index is 13.8. The SMILES string of the molecule is CSCC[C@H](NC(=O)[C@@H](NC(=O)OC(C)(C)C)C(C)C)C(=O)N[C@@H](CC(C)C)[C@@H](O)C[C@@H](CC(N)=O)C(=O)N[C@H](C(=O)NCc1ccccc1)C(C)C. The summed E-state index contributed by atoms with van der Waals surface area (Å²) in [5, 5.41) is 25.3. The van der Waals surface area contributed by atoms with Crippen LogP contribution in [0.15, 0.2) is 30.3 Å². The number of nitrogens with two attached hydrogens (primary N) is 1. The number of amides is 6. The maximum Gasteiger partial charge on any atom is 0.408 e. The monoisotopic (exact) mass is 764 g/mol. The molecule has 0 aromatic heterocycles. The minimum absolute atomic E-state index is 0.000382. The Bertz CT molecular complexity index is 1340. The lowest BCUT2D eigenvalue weighted by atomic mass is 9.89. The molecule has 0 heterocycles. The summed E-state index contributed by atoms with van der Waals surface area (Å²) in [6, 6.07) is 5.52. The zero-order chi connectivity index (χ0) is 40.5. The van der Waals surface area contributed by atoms with Crippen molar-refractivity contribution in [3.8, 4) is 0 Å². The second kappa shape index (κ2) is 23.0. The average molecular weight is 765 g/mol. The molecular formula is C38H64N6O8S. The van der Waals surface area contributed by atoms with E-state index in [0.717, 1.165) is 5.56 Å². The van der Waals surface area contributed by atoms with Gasteiger partial charge >= 0.3 is 6.09 Å². The minimum Gasteiger partial charge on any atom is -0.444 e. The van der Waals surface area contributed by atoms with Gasteiger partial charge in [0.05, 0.1) is 12.1 Å². The molecule has 0 saturated heterocycles. The normalized spacial score (nSPS) is 15.1. The van der Waals surface area contributed by atoms with Gasteiger partial charge < -0.3 is 42.2 Å². The molecule has 0 aliphatic carbocycles. The molecule has 0 fully saturated rings. The van der Waals surface area contributed by atoms with E-state index in [-0.39, 0.29) is 37.1 Å². The quantitative estimate of drug-likeness (QED) is 0.0922. The standard InChI is InChI=1S/C38H64N6O8S/c1-22(2)18-28(42-34(48)27(16-17-53-10)41-36(50)32(24(5)6)44-37(51)52-38(7,8)9)29(45)19-26(20-30(39)46)33(47)43-31(23(3)4)35(49)40-21-25-14-12-11-13-15-25/h11-15,22-24,26-29,31-32,45H,16-21H2,1-10H3,(H2,39,46)(H,40,49)(H,41,50)(H,42,48)(H,43,47)(H,44,51)/t26-,27-,28-,29-,31-,32-/m0/s1. The first kappa shape index (κ1) is 47.2. The van der Waals surface area contributed by atoms with Crippen LogP contribution in [0.3, 0.4) is 0 Å². The molecule has 0 unspecified atom stereocenters. The van der Waals surface area contributed by atoms with Crippen molar-refractivity contribution in [3.05, 3.63) is 35.9 Å². The van der Waals surface area contributed by atoms with Crippen LogP contribution in [-0.2, 0) is 35.3 Å². The molecule has 8 N–H and O–H groups in total. The third-order valence-electron chi connectivity index (χ3n) is 8.28. The molecule has 0 radical (unpaired) electrons. The van der Waals surface area contributed by atoms with Gasteiger partial charge in [-0.05, 0) is 75.4 Å². The Morgan fingerprint density at radius 3 is 1.89 bits per heavy atom. The number of benzene rings is 1. The van der Waals surface area contributed by atoms with Crippen LogP contribution in [0.1, 0.15) is 93.6 Å². The van der Waals surface area contributed by atoms with Crippen molar-refractivity contribution < 1.29 is 38.6 Å². The van der Waals surface area contributed by atoms with E-state index in [2.05, 4.69) is 26.6 Å². The minimum atomic E-state index is -1.30. The highest BCUT2D eigenvalue weighted by Crippen LogP contribution is 2.20. The molecular weight excluding hydrogens is 701 g/mol. The molecule has 6 amide bonds. The number of aliphatic hydroxyl groups excluding tert-OH is 1. The summed E-state index contributed by atoms with van der Waals surface area (Å²) in [4.78, 5) is 78.6. The fourth-order valence-corrected chi connectivity index (χ4v) is 5.99. The van der Waals surface area contributed by atoms with Crippen LogP contribution in [0.4, 0.5) is 4.79 Å². The molecule has 53 heavy (non-hydrogen) atoms. The van der Waals surface area contributed by atoms with Crippen molar-refractivity contribution in [1.82, 2.24) is 26.6 Å². The lowest BCUT2D eigenvalue weighted by Crippen LogP contribution is -2.58. The lowest BCUT2D eigenvalue weighted by Gasteiger charge is -2.31. The zero-order valence-corrected chi connectivity index (χ0v) is 33.9. The van der Waals surface area contributed by atoms with E-state index >= 15 is 0 Å². The first-order chi connectivity index (χ1) is 24.6. The Balaban J connectivity index is 3.18. The van der Waals surface area contributed by atoms with E-state index in [0.29, 0.717) is 12.2 Å². The molecule has 0 aliphatic rings. The van der Waals surface area contributed by atoms with Crippen molar-refractivity contribution in [2.75, 3.05) is 12.0 Å². The Morgan fingerprint density at radius 1 is 0.792 bits per heavy atom. The van der Waals surface area contributed by atoms with Gasteiger partial charge in [0.25, 0.3) is 0 Å². The van der Waals surface area contributed by atoms with Crippen molar-refractivity contribution in [1.29, 1.82) is 0 Å². The second-order valence-corrected chi connectivity index (χ2v) is 16.5. The largest absolute Gasteiger partial charge is 0.444 e. The first-order valence-electron chi connectivity index (χ1n) is 18.3. The molecule has 15 heteroatoms. The average Bonchev–Trinajstić information content (AvgIpc) is 3.04. The van der Waals surface area contributed by atoms with Gasteiger partial charge in [0.1, 0.15) is 23.7 Å². The number of thioether (sulfide) groups is 1. The van der Waals surface area contributed by atoms with E-state index in [4.69, 9.17) is 10.5 Å². The number of nitrogens with one attached hydrogen (secondary N) is 5. The van der Waals surface area contributed by atoms with E-state index in [1.165, 1.54) is 11.8 Å². The van der Waals surface area contributed by atoms with Crippen LogP contribution >= 0.6 is 11.8 Å².